The monoisotopic (exact) mass is 434 g/mol. The number of nitrogens with zero attached hydrogens (tertiary/aromatic N) is 4. The van der Waals surface area contributed by atoms with E-state index in [2.05, 4.69) is 32.4 Å². The molecule has 1 atom stereocenters. The van der Waals surface area contributed by atoms with Gasteiger partial charge in [-0.05, 0) is 49.7 Å². The number of pyridine rings is 1. The zero-order valence-electron chi connectivity index (χ0n) is 14.3. The molecule has 6 nitrogen and oxygen atoms in total. The maximum absolute atomic E-state index is 12.9. The summed E-state index contributed by atoms with van der Waals surface area (Å²) in [6, 6.07) is 10.6. The number of imidazole rings is 1. The summed E-state index contributed by atoms with van der Waals surface area (Å²) in [5, 5.41) is 0. The van der Waals surface area contributed by atoms with Crippen LogP contribution in [0.1, 0.15) is 25.1 Å². The van der Waals surface area contributed by atoms with E-state index in [-0.39, 0.29) is 5.92 Å². The molecule has 1 aliphatic heterocycles. The highest BCUT2D eigenvalue weighted by Gasteiger charge is 2.35. The number of benzene rings is 1. The van der Waals surface area contributed by atoms with Crippen molar-refractivity contribution in [3.63, 3.8) is 0 Å². The first-order valence-corrected chi connectivity index (χ1v) is 10.8. The lowest BCUT2D eigenvalue weighted by atomic mass is 10.1. The SMILES string of the molecule is CCn1c(C2CCN(S(=O)(=O)c3ccc(Br)cc3)C2)nc2cccnc21. The van der Waals surface area contributed by atoms with Crippen molar-refractivity contribution in [3.05, 3.63) is 52.9 Å². The van der Waals surface area contributed by atoms with Crippen molar-refractivity contribution >= 4 is 37.1 Å². The molecule has 4 rings (SSSR count). The van der Waals surface area contributed by atoms with Crippen LogP contribution in [0.2, 0.25) is 0 Å². The molecule has 8 heteroatoms. The van der Waals surface area contributed by atoms with Gasteiger partial charge < -0.3 is 4.57 Å². The van der Waals surface area contributed by atoms with Gasteiger partial charge in [0.2, 0.25) is 10.0 Å². The van der Waals surface area contributed by atoms with Gasteiger partial charge in [-0.2, -0.15) is 4.31 Å². The third-order valence-corrected chi connectivity index (χ3v) is 7.23. The summed E-state index contributed by atoms with van der Waals surface area (Å²) in [6.07, 6.45) is 2.53. The summed E-state index contributed by atoms with van der Waals surface area (Å²) < 4.78 is 30.4. The Bertz CT molecular complexity index is 1050. The molecule has 26 heavy (non-hydrogen) atoms. The second kappa shape index (κ2) is 6.75. The molecule has 1 aromatic carbocycles. The number of fused-ring (bicyclic) bond motifs is 1. The highest BCUT2D eigenvalue weighted by molar-refractivity contribution is 9.10. The average Bonchev–Trinajstić information content (AvgIpc) is 3.27. The van der Waals surface area contributed by atoms with Crippen LogP contribution < -0.4 is 0 Å². The fourth-order valence-corrected chi connectivity index (χ4v) is 5.28. The van der Waals surface area contributed by atoms with Gasteiger partial charge in [0.1, 0.15) is 11.3 Å². The molecule has 0 spiro atoms. The van der Waals surface area contributed by atoms with E-state index in [1.807, 2.05) is 12.1 Å². The van der Waals surface area contributed by atoms with Crippen molar-refractivity contribution in [1.82, 2.24) is 18.8 Å². The Balaban J connectivity index is 1.64. The largest absolute Gasteiger partial charge is 0.313 e. The van der Waals surface area contributed by atoms with Crippen LogP contribution >= 0.6 is 15.9 Å². The Kier molecular flexibility index (Phi) is 4.58. The second-order valence-corrected chi connectivity index (χ2v) is 9.22. The molecule has 0 amide bonds. The van der Waals surface area contributed by atoms with Crippen LogP contribution in [0.4, 0.5) is 0 Å². The van der Waals surface area contributed by atoms with Crippen LogP contribution in [0, 0.1) is 0 Å². The molecule has 3 heterocycles. The van der Waals surface area contributed by atoms with Gasteiger partial charge in [0.05, 0.1) is 4.90 Å². The summed E-state index contributed by atoms with van der Waals surface area (Å²) in [4.78, 5) is 9.50. The topological polar surface area (TPSA) is 68.1 Å². The molecule has 0 N–H and O–H groups in total. The van der Waals surface area contributed by atoms with Gasteiger partial charge in [-0.25, -0.2) is 18.4 Å². The number of aromatic nitrogens is 3. The number of hydrogen-bond donors (Lipinski definition) is 0. The Morgan fingerprint density at radius 2 is 2.00 bits per heavy atom. The van der Waals surface area contributed by atoms with Crippen molar-refractivity contribution in [1.29, 1.82) is 0 Å². The van der Waals surface area contributed by atoms with E-state index in [0.29, 0.717) is 18.0 Å². The lowest BCUT2D eigenvalue weighted by Gasteiger charge is -2.17. The van der Waals surface area contributed by atoms with Crippen LogP contribution in [0.25, 0.3) is 11.2 Å². The predicted octanol–water partition coefficient (Wildman–Crippen LogP) is 3.39. The highest BCUT2D eigenvalue weighted by Crippen LogP contribution is 2.32. The quantitative estimate of drug-likeness (QED) is 0.630. The van der Waals surface area contributed by atoms with Crippen molar-refractivity contribution in [2.24, 2.45) is 0 Å². The van der Waals surface area contributed by atoms with Gasteiger partial charge in [0.25, 0.3) is 0 Å². The lowest BCUT2D eigenvalue weighted by molar-refractivity contribution is 0.469. The van der Waals surface area contributed by atoms with Crippen molar-refractivity contribution < 1.29 is 8.42 Å². The van der Waals surface area contributed by atoms with Crippen LogP contribution in [-0.4, -0.2) is 40.3 Å². The van der Waals surface area contributed by atoms with Gasteiger partial charge in [-0.15, -0.1) is 0 Å². The standard InChI is InChI=1S/C18H19BrN4O2S/c1-2-23-17(21-16-4-3-10-20-18(16)23)13-9-11-22(12-13)26(24,25)15-7-5-14(19)6-8-15/h3-8,10,13H,2,9,11-12H2,1H3. The van der Waals surface area contributed by atoms with Gasteiger partial charge in [0, 0.05) is 36.2 Å². The van der Waals surface area contributed by atoms with Gasteiger partial charge in [-0.3, -0.25) is 0 Å². The number of rotatable bonds is 4. The summed E-state index contributed by atoms with van der Waals surface area (Å²) in [5.74, 6) is 1.00. The average molecular weight is 435 g/mol. The molecule has 1 unspecified atom stereocenters. The molecule has 0 aliphatic carbocycles. The van der Waals surface area contributed by atoms with E-state index < -0.39 is 10.0 Å². The smallest absolute Gasteiger partial charge is 0.243 e. The Labute approximate surface area is 161 Å². The highest BCUT2D eigenvalue weighted by atomic mass is 79.9. The molecule has 0 radical (unpaired) electrons. The first kappa shape index (κ1) is 17.6. The van der Waals surface area contributed by atoms with Crippen LogP contribution in [0.5, 0.6) is 0 Å². The van der Waals surface area contributed by atoms with E-state index in [1.165, 1.54) is 0 Å². The van der Waals surface area contributed by atoms with E-state index in [9.17, 15) is 8.42 Å². The number of aryl methyl sites for hydroxylation is 1. The number of sulfonamides is 1. The molecule has 1 fully saturated rings. The minimum atomic E-state index is -3.49. The molecule has 0 bridgehead atoms. The molecule has 0 saturated carbocycles. The molecule has 3 aromatic rings. The number of halogens is 1. The first-order chi connectivity index (χ1) is 12.5. The summed E-state index contributed by atoms with van der Waals surface area (Å²) in [6.45, 7) is 3.77. The third kappa shape index (κ3) is 2.95. The van der Waals surface area contributed by atoms with Crippen LogP contribution in [0.15, 0.2) is 52.0 Å². The van der Waals surface area contributed by atoms with E-state index in [0.717, 1.165) is 34.4 Å². The summed E-state index contributed by atoms with van der Waals surface area (Å²) >= 11 is 3.34. The Morgan fingerprint density at radius 1 is 1.23 bits per heavy atom. The molecular weight excluding hydrogens is 416 g/mol. The minimum absolute atomic E-state index is 0.0781. The Morgan fingerprint density at radius 3 is 2.73 bits per heavy atom. The lowest BCUT2D eigenvalue weighted by Crippen LogP contribution is -2.29. The van der Waals surface area contributed by atoms with Crippen LogP contribution in [-0.2, 0) is 16.6 Å². The third-order valence-electron chi connectivity index (χ3n) is 4.82. The fraction of sp³-hybridized carbons (Fsp3) is 0.333. The summed E-state index contributed by atoms with van der Waals surface area (Å²) in [7, 11) is -3.49. The van der Waals surface area contributed by atoms with Crippen molar-refractivity contribution in [3.8, 4) is 0 Å². The zero-order chi connectivity index (χ0) is 18.3. The molecule has 136 valence electrons. The minimum Gasteiger partial charge on any atom is -0.313 e. The predicted molar refractivity (Wildman–Crippen MR) is 103 cm³/mol. The van der Waals surface area contributed by atoms with E-state index in [4.69, 9.17) is 4.98 Å². The van der Waals surface area contributed by atoms with Gasteiger partial charge >= 0.3 is 0 Å². The maximum atomic E-state index is 12.9. The van der Waals surface area contributed by atoms with E-state index in [1.54, 1.807) is 34.8 Å². The fourth-order valence-electron chi connectivity index (χ4n) is 3.51. The normalized spacial score (nSPS) is 18.6. The summed E-state index contributed by atoms with van der Waals surface area (Å²) in [5.41, 5.74) is 1.72. The molecular formula is C18H19BrN4O2S. The number of hydrogen-bond acceptors (Lipinski definition) is 4. The second-order valence-electron chi connectivity index (χ2n) is 6.36. The Hall–Kier alpha value is -1.77. The molecule has 1 aliphatic rings. The molecule has 1 saturated heterocycles. The van der Waals surface area contributed by atoms with Crippen LogP contribution in [0.3, 0.4) is 0 Å². The van der Waals surface area contributed by atoms with Gasteiger partial charge in [0.15, 0.2) is 5.65 Å². The van der Waals surface area contributed by atoms with Gasteiger partial charge in [-0.1, -0.05) is 15.9 Å². The van der Waals surface area contributed by atoms with E-state index >= 15 is 0 Å². The van der Waals surface area contributed by atoms with Crippen molar-refractivity contribution in [2.75, 3.05) is 13.1 Å². The zero-order valence-corrected chi connectivity index (χ0v) is 16.7. The maximum Gasteiger partial charge on any atom is 0.243 e. The first-order valence-electron chi connectivity index (χ1n) is 8.57. The van der Waals surface area contributed by atoms with Crippen molar-refractivity contribution in [2.45, 2.75) is 30.7 Å². The molecule has 2 aromatic heterocycles.